The molecule has 0 aliphatic heterocycles. The molecule has 3 rings (SSSR count). The fraction of sp³-hybridized carbons (Fsp3) is 0.176. The van der Waals surface area contributed by atoms with Crippen LogP contribution >= 0.6 is 0 Å². The number of benzene rings is 1. The number of carbonyl (C=O) groups is 1. The molecule has 10 heteroatoms. The Morgan fingerprint density at radius 3 is 2.41 bits per heavy atom. The number of nitrogens with zero attached hydrogens (tertiary/aromatic N) is 3. The Bertz CT molecular complexity index is 1180. The Morgan fingerprint density at radius 2 is 1.74 bits per heavy atom. The molecule has 0 fully saturated rings. The standard InChI is InChI=1S/C17H13F3N4O3/c1-23-13-12(15(26)24(2)16(23)27)11(7-8-21-13)22-14(25)9-5-3-4-6-10(9)17(18,19)20/h3-8H,1-2H3,(H,21,22,25). The molecule has 0 spiro atoms. The summed E-state index contributed by atoms with van der Waals surface area (Å²) in [6.45, 7) is 0. The molecule has 1 N–H and O–H groups in total. The van der Waals surface area contributed by atoms with Gasteiger partial charge in [0.1, 0.15) is 5.39 Å². The Hall–Kier alpha value is -3.43. The van der Waals surface area contributed by atoms with Crippen LogP contribution in [-0.2, 0) is 20.3 Å². The summed E-state index contributed by atoms with van der Waals surface area (Å²) in [5.41, 5.74) is -3.06. The second-order valence-electron chi connectivity index (χ2n) is 5.76. The number of nitrogens with one attached hydrogen (secondary N) is 1. The van der Waals surface area contributed by atoms with Crippen molar-refractivity contribution in [2.75, 3.05) is 5.32 Å². The maximum Gasteiger partial charge on any atom is 0.417 e. The molecule has 7 nitrogen and oxygen atoms in total. The van der Waals surface area contributed by atoms with Gasteiger partial charge in [-0.05, 0) is 18.2 Å². The van der Waals surface area contributed by atoms with E-state index < -0.39 is 34.5 Å². The van der Waals surface area contributed by atoms with E-state index in [1.807, 2.05) is 0 Å². The number of aryl methyl sites for hydroxylation is 1. The van der Waals surface area contributed by atoms with Crippen LogP contribution in [0.5, 0.6) is 0 Å². The number of anilines is 1. The molecule has 0 saturated heterocycles. The highest BCUT2D eigenvalue weighted by molar-refractivity contribution is 6.09. The molecule has 0 unspecified atom stereocenters. The number of pyridine rings is 1. The van der Waals surface area contributed by atoms with Crippen LogP contribution in [0.4, 0.5) is 18.9 Å². The predicted octanol–water partition coefficient (Wildman–Crippen LogP) is 1.90. The lowest BCUT2D eigenvalue weighted by atomic mass is 10.1. The fourth-order valence-electron chi connectivity index (χ4n) is 2.71. The molecule has 1 amide bonds. The number of halogens is 3. The van der Waals surface area contributed by atoms with Crippen LogP contribution in [0.1, 0.15) is 15.9 Å². The first-order valence-corrected chi connectivity index (χ1v) is 7.65. The van der Waals surface area contributed by atoms with Gasteiger partial charge in [-0.2, -0.15) is 13.2 Å². The van der Waals surface area contributed by atoms with Crippen molar-refractivity contribution >= 4 is 22.6 Å². The molecule has 140 valence electrons. The topological polar surface area (TPSA) is 86.0 Å². The van der Waals surface area contributed by atoms with Crippen molar-refractivity contribution in [2.45, 2.75) is 6.18 Å². The van der Waals surface area contributed by atoms with Crippen LogP contribution in [0.2, 0.25) is 0 Å². The third kappa shape index (κ3) is 3.09. The lowest BCUT2D eigenvalue weighted by Gasteiger charge is -2.14. The van der Waals surface area contributed by atoms with Crippen molar-refractivity contribution in [3.05, 3.63) is 68.5 Å². The second kappa shape index (κ2) is 6.38. The molecule has 0 aliphatic rings. The smallest absolute Gasteiger partial charge is 0.321 e. The van der Waals surface area contributed by atoms with Crippen molar-refractivity contribution < 1.29 is 18.0 Å². The molecule has 3 aromatic rings. The minimum absolute atomic E-state index is 0.00464. The SMILES string of the molecule is Cn1c(=O)c2c(NC(=O)c3ccccc3C(F)(F)F)ccnc2n(C)c1=O. The molecule has 0 saturated carbocycles. The van der Waals surface area contributed by atoms with Crippen LogP contribution in [-0.4, -0.2) is 20.0 Å². The summed E-state index contributed by atoms with van der Waals surface area (Å²) in [5, 5.41) is 2.24. The molecule has 27 heavy (non-hydrogen) atoms. The van der Waals surface area contributed by atoms with Crippen molar-refractivity contribution in [1.82, 2.24) is 14.1 Å². The largest absolute Gasteiger partial charge is 0.417 e. The highest BCUT2D eigenvalue weighted by atomic mass is 19.4. The van der Waals surface area contributed by atoms with Gasteiger partial charge in [-0.15, -0.1) is 0 Å². The lowest BCUT2D eigenvalue weighted by molar-refractivity contribution is -0.137. The normalized spacial score (nSPS) is 11.6. The van der Waals surface area contributed by atoms with Crippen LogP contribution < -0.4 is 16.6 Å². The number of fused-ring (bicyclic) bond motifs is 1. The maximum atomic E-state index is 13.1. The van der Waals surface area contributed by atoms with Gasteiger partial charge in [0.15, 0.2) is 5.65 Å². The number of hydrogen-bond donors (Lipinski definition) is 1. The summed E-state index contributed by atoms with van der Waals surface area (Å²) in [7, 11) is 2.64. The molecular weight excluding hydrogens is 365 g/mol. The third-order valence-electron chi connectivity index (χ3n) is 4.07. The van der Waals surface area contributed by atoms with Crippen molar-refractivity contribution in [2.24, 2.45) is 14.1 Å². The van der Waals surface area contributed by atoms with E-state index in [1.165, 1.54) is 38.5 Å². The van der Waals surface area contributed by atoms with E-state index in [2.05, 4.69) is 10.3 Å². The summed E-state index contributed by atoms with van der Waals surface area (Å²) >= 11 is 0. The van der Waals surface area contributed by atoms with Crippen LogP contribution in [0.25, 0.3) is 11.0 Å². The Balaban J connectivity index is 2.16. The van der Waals surface area contributed by atoms with E-state index in [1.54, 1.807) is 0 Å². The predicted molar refractivity (Wildman–Crippen MR) is 91.6 cm³/mol. The quantitative estimate of drug-likeness (QED) is 0.738. The summed E-state index contributed by atoms with van der Waals surface area (Å²) in [5.74, 6) is -1.04. The van der Waals surface area contributed by atoms with Crippen LogP contribution in [0.3, 0.4) is 0 Å². The number of amides is 1. The maximum absolute atomic E-state index is 13.1. The van der Waals surface area contributed by atoms with E-state index in [0.717, 1.165) is 21.3 Å². The summed E-state index contributed by atoms with van der Waals surface area (Å²) in [4.78, 5) is 40.9. The van der Waals surface area contributed by atoms with E-state index in [9.17, 15) is 27.6 Å². The van der Waals surface area contributed by atoms with E-state index in [4.69, 9.17) is 0 Å². The molecule has 0 bridgehead atoms. The summed E-state index contributed by atoms with van der Waals surface area (Å²) in [6.07, 6.45) is -3.47. The number of hydrogen-bond acceptors (Lipinski definition) is 4. The Labute approximate surface area is 149 Å². The number of rotatable bonds is 2. The van der Waals surface area contributed by atoms with Gasteiger partial charge in [0.05, 0.1) is 16.8 Å². The van der Waals surface area contributed by atoms with Gasteiger partial charge in [-0.3, -0.25) is 18.7 Å². The van der Waals surface area contributed by atoms with Gasteiger partial charge in [-0.1, -0.05) is 12.1 Å². The molecule has 2 aromatic heterocycles. The van der Waals surface area contributed by atoms with Gasteiger partial charge in [-0.25, -0.2) is 9.78 Å². The zero-order valence-electron chi connectivity index (χ0n) is 14.2. The second-order valence-corrected chi connectivity index (χ2v) is 5.76. The van der Waals surface area contributed by atoms with Gasteiger partial charge in [0.25, 0.3) is 11.5 Å². The minimum atomic E-state index is -4.71. The highest BCUT2D eigenvalue weighted by Gasteiger charge is 2.35. The molecule has 0 aliphatic carbocycles. The van der Waals surface area contributed by atoms with Gasteiger partial charge in [0.2, 0.25) is 0 Å². The molecular formula is C17H13F3N4O3. The van der Waals surface area contributed by atoms with Crippen molar-refractivity contribution in [3.63, 3.8) is 0 Å². The van der Waals surface area contributed by atoms with Crippen molar-refractivity contribution in [1.29, 1.82) is 0 Å². The average molecular weight is 378 g/mol. The number of alkyl halides is 3. The van der Waals surface area contributed by atoms with Gasteiger partial charge < -0.3 is 5.32 Å². The Morgan fingerprint density at radius 1 is 1.07 bits per heavy atom. The average Bonchev–Trinajstić information content (AvgIpc) is 2.63. The molecule has 2 heterocycles. The molecule has 0 atom stereocenters. The summed E-state index contributed by atoms with van der Waals surface area (Å²) in [6, 6.07) is 5.59. The number of aromatic nitrogens is 3. The third-order valence-corrected chi connectivity index (χ3v) is 4.07. The van der Waals surface area contributed by atoms with Gasteiger partial charge in [0, 0.05) is 20.3 Å². The lowest BCUT2D eigenvalue weighted by Crippen LogP contribution is -2.37. The fourth-order valence-corrected chi connectivity index (χ4v) is 2.71. The van der Waals surface area contributed by atoms with Crippen LogP contribution in [0, 0.1) is 0 Å². The van der Waals surface area contributed by atoms with Crippen molar-refractivity contribution in [3.8, 4) is 0 Å². The highest BCUT2D eigenvalue weighted by Crippen LogP contribution is 2.32. The van der Waals surface area contributed by atoms with Crippen LogP contribution in [0.15, 0.2) is 46.1 Å². The first kappa shape index (κ1) is 18.4. The molecule has 0 radical (unpaired) electrons. The van der Waals surface area contributed by atoms with E-state index in [0.29, 0.717) is 0 Å². The zero-order chi connectivity index (χ0) is 19.9. The van der Waals surface area contributed by atoms with E-state index in [-0.39, 0.29) is 16.7 Å². The minimum Gasteiger partial charge on any atom is -0.321 e. The Kier molecular flexibility index (Phi) is 4.34. The molecule has 1 aromatic carbocycles. The number of carbonyl (C=O) groups excluding carboxylic acids is 1. The van der Waals surface area contributed by atoms with Gasteiger partial charge >= 0.3 is 11.9 Å². The summed E-state index contributed by atoms with van der Waals surface area (Å²) < 4.78 is 41.3. The van der Waals surface area contributed by atoms with E-state index >= 15 is 0 Å². The first-order chi connectivity index (χ1) is 12.6. The zero-order valence-corrected chi connectivity index (χ0v) is 14.2. The monoisotopic (exact) mass is 378 g/mol. The first-order valence-electron chi connectivity index (χ1n) is 7.65.